The van der Waals surface area contributed by atoms with Gasteiger partial charge in [0.25, 0.3) is 0 Å². The summed E-state index contributed by atoms with van der Waals surface area (Å²) in [7, 11) is 0. The second-order valence-corrected chi connectivity index (χ2v) is 11.5. The predicted molar refractivity (Wildman–Crippen MR) is 135 cm³/mol. The number of rotatable bonds is 10. The molecule has 0 unspecified atom stereocenters. The quantitative estimate of drug-likeness (QED) is 0.197. The van der Waals surface area contributed by atoms with Gasteiger partial charge in [0.1, 0.15) is 22.8 Å². The van der Waals surface area contributed by atoms with Gasteiger partial charge in [0.15, 0.2) is 0 Å². The number of carbonyl (C=O) groups excluding carboxylic acids is 4. The molecular weight excluding hydrogens is 470 g/mol. The lowest BCUT2D eigenvalue weighted by molar-refractivity contribution is -0.148. The molecule has 0 saturated heterocycles. The third-order valence-corrected chi connectivity index (χ3v) is 3.96. The van der Waals surface area contributed by atoms with Crippen LogP contribution in [0.15, 0.2) is 12.2 Å². The van der Waals surface area contributed by atoms with E-state index in [0.717, 1.165) is 0 Å². The average molecular weight is 516 g/mol. The SMILES string of the molecule is C[C@@H](/C=C/C(=O)OC(C)(C)C)NC(=O)[C@H](C[C@@H](O)CCNC(=O)OC(C)(C)C)NC(=O)OC(C)(C)C. The Hall–Kier alpha value is -2.82. The van der Waals surface area contributed by atoms with E-state index >= 15 is 0 Å². The molecule has 0 radical (unpaired) electrons. The van der Waals surface area contributed by atoms with Crippen molar-refractivity contribution in [1.29, 1.82) is 0 Å². The van der Waals surface area contributed by atoms with Crippen molar-refractivity contribution in [2.45, 2.75) is 117 Å². The lowest BCUT2D eigenvalue weighted by Crippen LogP contribution is -2.51. The molecular formula is C25H45N3O8. The van der Waals surface area contributed by atoms with Gasteiger partial charge >= 0.3 is 18.2 Å². The standard InChI is InChI=1S/C25H45N3O8/c1-16(11-12-19(30)34-23(2,3)4)27-20(31)18(28-22(33)36-25(8,9)10)15-17(29)13-14-26-21(32)35-24(5,6)7/h11-12,16-18,29H,13-15H2,1-10H3,(H,26,32)(H,27,31)(H,28,33)/b12-11+/t16-,17-,18-/m0/s1. The number of aliphatic hydroxyl groups is 1. The molecule has 0 aromatic carbocycles. The van der Waals surface area contributed by atoms with E-state index in [1.165, 1.54) is 12.2 Å². The fourth-order valence-corrected chi connectivity index (χ4v) is 2.66. The summed E-state index contributed by atoms with van der Waals surface area (Å²) in [5, 5.41) is 18.1. The minimum atomic E-state index is -1.13. The average Bonchev–Trinajstić information content (AvgIpc) is 2.61. The fraction of sp³-hybridized carbons (Fsp3) is 0.760. The van der Waals surface area contributed by atoms with Gasteiger partial charge in [0.05, 0.1) is 6.10 Å². The van der Waals surface area contributed by atoms with E-state index in [4.69, 9.17) is 14.2 Å². The molecule has 36 heavy (non-hydrogen) atoms. The number of esters is 1. The third-order valence-electron chi connectivity index (χ3n) is 3.96. The zero-order valence-corrected chi connectivity index (χ0v) is 23.3. The van der Waals surface area contributed by atoms with Gasteiger partial charge in [0.2, 0.25) is 5.91 Å². The molecule has 0 bridgehead atoms. The van der Waals surface area contributed by atoms with Crippen LogP contribution in [-0.2, 0) is 23.8 Å². The molecule has 0 aromatic heterocycles. The molecule has 4 N–H and O–H groups in total. The minimum Gasteiger partial charge on any atom is -0.457 e. The molecule has 0 aliphatic carbocycles. The molecule has 0 aliphatic heterocycles. The van der Waals surface area contributed by atoms with Crippen LogP contribution in [0, 0.1) is 0 Å². The van der Waals surface area contributed by atoms with Crippen molar-refractivity contribution in [2.24, 2.45) is 0 Å². The summed E-state index contributed by atoms with van der Waals surface area (Å²) in [6, 6.07) is -1.70. The Morgan fingerprint density at radius 1 is 0.806 bits per heavy atom. The molecule has 208 valence electrons. The van der Waals surface area contributed by atoms with Gasteiger partial charge in [0, 0.05) is 25.1 Å². The van der Waals surface area contributed by atoms with Crippen LogP contribution in [-0.4, -0.2) is 70.7 Å². The van der Waals surface area contributed by atoms with Gasteiger partial charge in [-0.3, -0.25) is 4.79 Å². The van der Waals surface area contributed by atoms with Gasteiger partial charge in [-0.2, -0.15) is 0 Å². The van der Waals surface area contributed by atoms with Gasteiger partial charge in [-0.05, 0) is 75.7 Å². The Kier molecular flexibility index (Phi) is 13.0. The predicted octanol–water partition coefficient (Wildman–Crippen LogP) is 2.95. The van der Waals surface area contributed by atoms with Crippen LogP contribution >= 0.6 is 0 Å². The van der Waals surface area contributed by atoms with E-state index in [-0.39, 0.29) is 19.4 Å². The first-order chi connectivity index (χ1) is 16.2. The number of nitrogens with one attached hydrogen (secondary N) is 3. The molecule has 0 saturated carbocycles. The molecule has 0 fully saturated rings. The van der Waals surface area contributed by atoms with E-state index in [0.29, 0.717) is 0 Å². The smallest absolute Gasteiger partial charge is 0.408 e. The number of amides is 3. The van der Waals surface area contributed by atoms with Crippen LogP contribution in [0.25, 0.3) is 0 Å². The van der Waals surface area contributed by atoms with Gasteiger partial charge in [-0.15, -0.1) is 0 Å². The largest absolute Gasteiger partial charge is 0.457 e. The second-order valence-electron chi connectivity index (χ2n) is 11.5. The van der Waals surface area contributed by atoms with Crippen LogP contribution in [0.1, 0.15) is 82.1 Å². The van der Waals surface area contributed by atoms with E-state index in [2.05, 4.69) is 16.0 Å². The van der Waals surface area contributed by atoms with E-state index in [1.807, 2.05) is 0 Å². The number of hydrogen-bond acceptors (Lipinski definition) is 8. The highest BCUT2D eigenvalue weighted by atomic mass is 16.6. The molecule has 3 amide bonds. The van der Waals surface area contributed by atoms with Gasteiger partial charge in [-0.1, -0.05) is 6.08 Å². The first-order valence-electron chi connectivity index (χ1n) is 12.0. The molecule has 0 aliphatic rings. The highest BCUT2D eigenvalue weighted by Crippen LogP contribution is 2.10. The number of carbonyl (C=O) groups is 4. The molecule has 0 heterocycles. The number of ether oxygens (including phenoxy) is 3. The van der Waals surface area contributed by atoms with Crippen LogP contribution in [0.4, 0.5) is 9.59 Å². The highest BCUT2D eigenvalue weighted by Gasteiger charge is 2.27. The van der Waals surface area contributed by atoms with Gasteiger partial charge in [-0.25, -0.2) is 14.4 Å². The molecule has 0 spiro atoms. The Morgan fingerprint density at radius 2 is 1.31 bits per heavy atom. The molecule has 0 rings (SSSR count). The van der Waals surface area contributed by atoms with E-state index in [9.17, 15) is 24.3 Å². The molecule has 11 nitrogen and oxygen atoms in total. The van der Waals surface area contributed by atoms with Crippen molar-refractivity contribution >= 4 is 24.1 Å². The minimum absolute atomic E-state index is 0.103. The fourth-order valence-electron chi connectivity index (χ4n) is 2.66. The highest BCUT2D eigenvalue weighted by molar-refractivity contribution is 5.86. The first-order valence-corrected chi connectivity index (χ1v) is 12.0. The van der Waals surface area contributed by atoms with Crippen molar-refractivity contribution in [2.75, 3.05) is 6.54 Å². The lowest BCUT2D eigenvalue weighted by Gasteiger charge is -2.25. The summed E-state index contributed by atoms with van der Waals surface area (Å²) in [5.41, 5.74) is -2.09. The van der Waals surface area contributed by atoms with Crippen molar-refractivity contribution in [1.82, 2.24) is 16.0 Å². The third kappa shape index (κ3) is 18.5. The number of aliphatic hydroxyl groups excluding tert-OH is 1. The number of alkyl carbamates (subject to hydrolysis) is 2. The van der Waals surface area contributed by atoms with Crippen molar-refractivity contribution in [3.63, 3.8) is 0 Å². The molecule has 11 heteroatoms. The molecule has 0 aromatic rings. The summed E-state index contributed by atoms with van der Waals surface area (Å²) in [4.78, 5) is 48.8. The Bertz CT molecular complexity index is 776. The number of hydrogen-bond donors (Lipinski definition) is 4. The molecule has 3 atom stereocenters. The maximum Gasteiger partial charge on any atom is 0.408 e. The van der Waals surface area contributed by atoms with Crippen LogP contribution < -0.4 is 16.0 Å². The summed E-state index contributed by atoms with van der Waals surface area (Å²) >= 11 is 0. The lowest BCUT2D eigenvalue weighted by atomic mass is 10.1. The topological polar surface area (TPSA) is 152 Å². The Morgan fingerprint density at radius 3 is 1.81 bits per heavy atom. The van der Waals surface area contributed by atoms with Crippen molar-refractivity contribution < 1.29 is 38.5 Å². The zero-order valence-electron chi connectivity index (χ0n) is 23.3. The van der Waals surface area contributed by atoms with Crippen LogP contribution in [0.5, 0.6) is 0 Å². The first kappa shape index (κ1) is 33.2. The maximum atomic E-state index is 12.9. The summed E-state index contributed by atoms with van der Waals surface area (Å²) in [6.07, 6.45) is 0.177. The van der Waals surface area contributed by atoms with Crippen molar-refractivity contribution in [3.8, 4) is 0 Å². The maximum absolute atomic E-state index is 12.9. The monoisotopic (exact) mass is 515 g/mol. The van der Waals surface area contributed by atoms with Gasteiger partial charge < -0.3 is 35.3 Å². The summed E-state index contributed by atoms with van der Waals surface area (Å²) in [6.45, 7) is 17.2. The van der Waals surface area contributed by atoms with E-state index < -0.39 is 59.1 Å². The van der Waals surface area contributed by atoms with Crippen LogP contribution in [0.2, 0.25) is 0 Å². The normalized spacial score (nSPS) is 14.9. The Labute approximate surface area is 214 Å². The Balaban J connectivity index is 5.11. The summed E-state index contributed by atoms with van der Waals surface area (Å²) in [5.74, 6) is -1.14. The van der Waals surface area contributed by atoms with Crippen LogP contribution in [0.3, 0.4) is 0 Å². The van der Waals surface area contributed by atoms with E-state index in [1.54, 1.807) is 69.2 Å². The second kappa shape index (κ2) is 14.1. The summed E-state index contributed by atoms with van der Waals surface area (Å²) < 4.78 is 15.6. The zero-order chi connectivity index (χ0) is 28.3. The van der Waals surface area contributed by atoms with Crippen molar-refractivity contribution in [3.05, 3.63) is 12.2 Å².